The molecule has 7 heteroatoms. The van der Waals surface area contributed by atoms with Gasteiger partial charge in [0, 0.05) is 79.6 Å². The molecule has 2 aromatic carbocycles. The van der Waals surface area contributed by atoms with Gasteiger partial charge < -0.3 is 9.97 Å². The number of benzene rings is 2. The Bertz CT molecular complexity index is 1790. The lowest BCUT2D eigenvalue weighted by atomic mass is 10.0. The number of H-pyrrole nitrogens is 2. The van der Waals surface area contributed by atoms with Gasteiger partial charge in [0.2, 0.25) is 0 Å². The smallest absolute Gasteiger partial charge is 0.0986 e. The van der Waals surface area contributed by atoms with E-state index >= 15 is 0 Å². The molecule has 0 atom stereocenters. The van der Waals surface area contributed by atoms with Gasteiger partial charge >= 0.3 is 0 Å². The molecule has 0 fully saturated rings. The molecule has 2 N–H and O–H groups in total. The zero-order valence-electron chi connectivity index (χ0n) is 20.3. The molecule has 0 bridgehead atoms. The average molecular weight is 499 g/mol. The topological polar surface area (TPSA) is 83.1 Å². The normalized spacial score (nSPS) is 11.5. The van der Waals surface area contributed by atoms with Crippen LogP contribution < -0.4 is 0 Å². The molecule has 0 unspecified atom stereocenters. The van der Waals surface area contributed by atoms with E-state index in [0.29, 0.717) is 0 Å². The Labute approximate surface area is 217 Å². The quantitative estimate of drug-likeness (QED) is 0.262. The molecule has 0 aliphatic carbocycles. The summed E-state index contributed by atoms with van der Waals surface area (Å²) in [7, 11) is 0. The number of aryl methyl sites for hydroxylation is 2. The molecule has 37 heavy (non-hydrogen) atoms. The SMILES string of the molecule is Cc1ccc(-c2ccc(-c3ccc(-c4ccc(-c5ccc(C)[nH]5)c5nccnc45)s3)c3nccnc23)[nH]1. The number of rotatable bonds is 4. The summed E-state index contributed by atoms with van der Waals surface area (Å²) in [5.74, 6) is 0. The first kappa shape index (κ1) is 21.6. The number of nitrogens with zero attached hydrogens (tertiary/aromatic N) is 4. The molecule has 5 heterocycles. The zero-order valence-corrected chi connectivity index (χ0v) is 21.1. The van der Waals surface area contributed by atoms with E-state index in [9.17, 15) is 0 Å². The van der Waals surface area contributed by atoms with E-state index in [1.165, 1.54) is 0 Å². The second-order valence-electron chi connectivity index (χ2n) is 9.10. The van der Waals surface area contributed by atoms with E-state index in [1.807, 2.05) is 0 Å². The fourth-order valence-corrected chi connectivity index (χ4v) is 5.95. The van der Waals surface area contributed by atoms with Gasteiger partial charge in [-0.15, -0.1) is 11.3 Å². The number of aromatic amines is 2. The summed E-state index contributed by atoms with van der Waals surface area (Å²) in [6, 6.07) is 21.2. The van der Waals surface area contributed by atoms with Gasteiger partial charge in [-0.2, -0.15) is 0 Å². The van der Waals surface area contributed by atoms with Crippen molar-refractivity contribution in [3.63, 3.8) is 0 Å². The zero-order chi connectivity index (χ0) is 24.9. The number of aromatic nitrogens is 6. The van der Waals surface area contributed by atoms with Crippen LogP contribution in [0.4, 0.5) is 0 Å². The highest BCUT2D eigenvalue weighted by atomic mass is 32.1. The molecule has 0 saturated carbocycles. The lowest BCUT2D eigenvalue weighted by molar-refractivity contribution is 1.26. The van der Waals surface area contributed by atoms with Crippen molar-refractivity contribution in [3.8, 4) is 43.4 Å². The van der Waals surface area contributed by atoms with Crippen LogP contribution >= 0.6 is 11.3 Å². The second-order valence-corrected chi connectivity index (χ2v) is 10.2. The fraction of sp³-hybridized carbons (Fsp3) is 0.0667. The van der Waals surface area contributed by atoms with Gasteiger partial charge in [-0.05, 0) is 62.4 Å². The third-order valence-corrected chi connectivity index (χ3v) is 7.78. The fourth-order valence-electron chi connectivity index (χ4n) is 4.90. The van der Waals surface area contributed by atoms with Crippen LogP contribution in [0.1, 0.15) is 11.4 Å². The van der Waals surface area contributed by atoms with E-state index in [0.717, 1.165) is 76.9 Å². The van der Waals surface area contributed by atoms with Crippen LogP contribution in [-0.4, -0.2) is 29.9 Å². The lowest BCUT2D eigenvalue weighted by Gasteiger charge is -2.09. The largest absolute Gasteiger partial charge is 0.359 e. The molecule has 7 aromatic rings. The first-order valence-corrected chi connectivity index (χ1v) is 12.9. The maximum atomic E-state index is 4.73. The maximum absolute atomic E-state index is 4.73. The highest BCUT2D eigenvalue weighted by Gasteiger charge is 2.17. The summed E-state index contributed by atoms with van der Waals surface area (Å²) in [4.78, 5) is 28.0. The Morgan fingerprint density at radius 3 is 1.22 bits per heavy atom. The van der Waals surface area contributed by atoms with Gasteiger partial charge in [-0.3, -0.25) is 19.9 Å². The molecule has 178 valence electrons. The number of thiophene rings is 1. The average Bonchev–Trinajstić information content (AvgIpc) is 3.69. The van der Waals surface area contributed by atoms with Crippen molar-refractivity contribution in [2.45, 2.75) is 13.8 Å². The van der Waals surface area contributed by atoms with E-state index < -0.39 is 0 Å². The van der Waals surface area contributed by atoms with Gasteiger partial charge in [0.25, 0.3) is 0 Å². The first-order valence-electron chi connectivity index (χ1n) is 12.1. The molecule has 0 saturated heterocycles. The van der Waals surface area contributed by atoms with Gasteiger partial charge in [-0.25, -0.2) is 0 Å². The van der Waals surface area contributed by atoms with Gasteiger partial charge in [0.15, 0.2) is 0 Å². The Morgan fingerprint density at radius 1 is 0.459 bits per heavy atom. The number of hydrogen-bond acceptors (Lipinski definition) is 5. The third-order valence-electron chi connectivity index (χ3n) is 6.63. The van der Waals surface area contributed by atoms with E-state index in [1.54, 1.807) is 36.1 Å². The van der Waals surface area contributed by atoms with Crippen LogP contribution in [0.3, 0.4) is 0 Å². The van der Waals surface area contributed by atoms with E-state index in [4.69, 9.17) is 19.9 Å². The lowest BCUT2D eigenvalue weighted by Crippen LogP contribution is -1.90. The summed E-state index contributed by atoms with van der Waals surface area (Å²) in [5, 5.41) is 0. The maximum Gasteiger partial charge on any atom is 0.0986 e. The Morgan fingerprint density at radius 2 is 0.838 bits per heavy atom. The van der Waals surface area contributed by atoms with Crippen LogP contribution in [0.25, 0.3) is 65.5 Å². The minimum Gasteiger partial charge on any atom is -0.359 e. The van der Waals surface area contributed by atoms with E-state index in [-0.39, 0.29) is 0 Å². The minimum atomic E-state index is 0.888. The predicted octanol–water partition coefficient (Wildman–Crippen LogP) is 7.58. The van der Waals surface area contributed by atoms with Crippen molar-refractivity contribution in [2.24, 2.45) is 0 Å². The Kier molecular flexibility index (Phi) is 4.97. The molecular weight excluding hydrogens is 476 g/mol. The van der Waals surface area contributed by atoms with Crippen LogP contribution in [0.15, 0.2) is 85.5 Å². The van der Waals surface area contributed by atoms with Gasteiger partial charge in [0.05, 0.1) is 22.1 Å². The summed E-state index contributed by atoms with van der Waals surface area (Å²) in [6.45, 7) is 4.11. The second kappa shape index (κ2) is 8.50. The Hall–Kier alpha value is -4.62. The van der Waals surface area contributed by atoms with Crippen molar-refractivity contribution in [2.75, 3.05) is 0 Å². The van der Waals surface area contributed by atoms with Crippen LogP contribution in [-0.2, 0) is 0 Å². The number of hydrogen-bond donors (Lipinski definition) is 2. The standard InChI is InChI=1S/C30H22N6S/c1-17-3-9-23(35-17)19-5-7-21(29-27(19)31-13-15-33-29)25-11-12-26(37-25)22-8-6-20(24-10-4-18(2)36-24)28-30(22)34-16-14-32-28/h3-16,35-36H,1-2H3. The van der Waals surface area contributed by atoms with Gasteiger partial charge in [-0.1, -0.05) is 12.1 Å². The van der Waals surface area contributed by atoms with E-state index in [2.05, 4.69) is 84.5 Å². The summed E-state index contributed by atoms with van der Waals surface area (Å²) in [6.07, 6.45) is 7.02. The van der Waals surface area contributed by atoms with Crippen LogP contribution in [0, 0.1) is 13.8 Å². The summed E-state index contributed by atoms with van der Waals surface area (Å²) >= 11 is 1.73. The molecule has 0 spiro atoms. The van der Waals surface area contributed by atoms with Crippen molar-refractivity contribution >= 4 is 33.4 Å². The first-order chi connectivity index (χ1) is 18.2. The third kappa shape index (κ3) is 3.63. The number of fused-ring (bicyclic) bond motifs is 2. The molecule has 0 amide bonds. The molecule has 0 aliphatic heterocycles. The van der Waals surface area contributed by atoms with Crippen molar-refractivity contribution < 1.29 is 0 Å². The molecule has 5 aromatic heterocycles. The van der Waals surface area contributed by atoms with Crippen molar-refractivity contribution in [1.82, 2.24) is 29.9 Å². The highest BCUT2D eigenvalue weighted by molar-refractivity contribution is 7.19. The van der Waals surface area contributed by atoms with Gasteiger partial charge in [0.1, 0.15) is 0 Å². The van der Waals surface area contributed by atoms with Crippen LogP contribution in [0.5, 0.6) is 0 Å². The van der Waals surface area contributed by atoms with Crippen molar-refractivity contribution in [3.05, 3.63) is 96.8 Å². The number of nitrogens with one attached hydrogen (secondary N) is 2. The predicted molar refractivity (Wildman–Crippen MR) is 150 cm³/mol. The molecule has 7 rings (SSSR count). The van der Waals surface area contributed by atoms with Crippen molar-refractivity contribution in [1.29, 1.82) is 0 Å². The molecule has 0 aliphatic rings. The monoisotopic (exact) mass is 498 g/mol. The Balaban J connectivity index is 1.35. The minimum absolute atomic E-state index is 0.888. The highest BCUT2D eigenvalue weighted by Crippen LogP contribution is 2.41. The summed E-state index contributed by atoms with van der Waals surface area (Å²) in [5.41, 5.74) is 12.1. The summed E-state index contributed by atoms with van der Waals surface area (Å²) < 4.78 is 0. The van der Waals surface area contributed by atoms with Crippen LogP contribution in [0.2, 0.25) is 0 Å². The molecule has 0 radical (unpaired) electrons. The molecule has 6 nitrogen and oxygen atoms in total. The molecular formula is C30H22N6S.